The van der Waals surface area contributed by atoms with Crippen molar-refractivity contribution in [3.63, 3.8) is 0 Å². The molecule has 1 aromatic heterocycles. The third kappa shape index (κ3) is 4.25. The molecule has 3 fully saturated rings. The minimum Gasteiger partial charge on any atom is -0.466 e. The molecule has 1 aromatic rings. The summed E-state index contributed by atoms with van der Waals surface area (Å²) < 4.78 is 12.7. The second-order valence-corrected chi connectivity index (χ2v) is 8.91. The van der Waals surface area contributed by atoms with Crippen LogP contribution in [-0.2, 0) is 25.6 Å². The van der Waals surface area contributed by atoms with Gasteiger partial charge in [0.1, 0.15) is 6.54 Å². The molecule has 0 N–H and O–H groups in total. The Labute approximate surface area is 178 Å². The molecule has 4 rings (SSSR count). The third-order valence-electron chi connectivity index (χ3n) is 7.15. The molecule has 0 spiro atoms. The SMILES string of the molecule is CCOC(=O)[C@@]12CC[C@@H](N3CCOCC3)C[C@H]1CCN(C(=O)Cn1ccc(C)n1)C2. The number of carbonyl (C=O) groups excluding carboxylic acids is 2. The van der Waals surface area contributed by atoms with Crippen molar-refractivity contribution < 1.29 is 19.1 Å². The Hall–Kier alpha value is -1.93. The third-order valence-corrected chi connectivity index (χ3v) is 7.15. The Balaban J connectivity index is 1.47. The molecule has 30 heavy (non-hydrogen) atoms. The summed E-state index contributed by atoms with van der Waals surface area (Å²) in [4.78, 5) is 30.5. The van der Waals surface area contributed by atoms with Gasteiger partial charge in [-0.05, 0) is 51.5 Å². The lowest BCUT2D eigenvalue weighted by Crippen LogP contribution is -2.60. The normalized spacial score (nSPS) is 30.0. The number of esters is 1. The van der Waals surface area contributed by atoms with Crippen molar-refractivity contribution in [2.75, 3.05) is 46.0 Å². The molecule has 2 aliphatic heterocycles. The molecule has 2 saturated heterocycles. The first kappa shape index (κ1) is 21.3. The van der Waals surface area contributed by atoms with Gasteiger partial charge < -0.3 is 14.4 Å². The number of ether oxygens (including phenoxy) is 2. The number of morpholine rings is 1. The van der Waals surface area contributed by atoms with Crippen LogP contribution >= 0.6 is 0 Å². The number of rotatable bonds is 5. The number of aryl methyl sites for hydroxylation is 1. The van der Waals surface area contributed by atoms with Crippen molar-refractivity contribution in [2.45, 2.75) is 52.1 Å². The number of carbonyl (C=O) groups is 2. The summed E-state index contributed by atoms with van der Waals surface area (Å²) in [5, 5.41) is 4.33. The molecular weight excluding hydrogens is 384 g/mol. The zero-order valence-electron chi connectivity index (χ0n) is 18.2. The van der Waals surface area contributed by atoms with Crippen LogP contribution in [0.5, 0.6) is 0 Å². The molecule has 1 aliphatic carbocycles. The molecule has 1 saturated carbocycles. The lowest BCUT2D eigenvalue weighted by molar-refractivity contribution is -0.171. The molecule has 3 heterocycles. The maximum absolute atomic E-state index is 13.2. The van der Waals surface area contributed by atoms with Gasteiger partial charge in [0.2, 0.25) is 5.91 Å². The van der Waals surface area contributed by atoms with E-state index in [1.165, 1.54) is 0 Å². The average molecular weight is 419 g/mol. The number of likely N-dealkylation sites (tertiary alicyclic amines) is 1. The van der Waals surface area contributed by atoms with E-state index in [0.29, 0.717) is 25.7 Å². The molecule has 3 aliphatic rings. The highest BCUT2D eigenvalue weighted by molar-refractivity contribution is 5.81. The zero-order chi connectivity index (χ0) is 21.1. The molecule has 8 nitrogen and oxygen atoms in total. The Morgan fingerprint density at radius 3 is 2.77 bits per heavy atom. The highest BCUT2D eigenvalue weighted by atomic mass is 16.5. The van der Waals surface area contributed by atoms with Crippen LogP contribution in [0.4, 0.5) is 0 Å². The van der Waals surface area contributed by atoms with Crippen LogP contribution < -0.4 is 0 Å². The van der Waals surface area contributed by atoms with Crippen LogP contribution in [0.1, 0.15) is 38.3 Å². The molecule has 8 heteroatoms. The highest BCUT2D eigenvalue weighted by Crippen LogP contribution is 2.48. The summed E-state index contributed by atoms with van der Waals surface area (Å²) in [6.07, 6.45) is 5.43. The first-order valence-corrected chi connectivity index (χ1v) is 11.3. The van der Waals surface area contributed by atoms with E-state index in [4.69, 9.17) is 9.47 Å². The molecule has 0 aromatic carbocycles. The lowest BCUT2D eigenvalue weighted by atomic mass is 9.61. The second-order valence-electron chi connectivity index (χ2n) is 8.91. The minimum absolute atomic E-state index is 0.0236. The summed E-state index contributed by atoms with van der Waals surface area (Å²) in [5.41, 5.74) is 0.318. The molecule has 1 amide bonds. The summed E-state index contributed by atoms with van der Waals surface area (Å²) in [6.45, 7) is 9.04. The molecular formula is C22H34N4O4. The molecule has 0 radical (unpaired) electrons. The van der Waals surface area contributed by atoms with Crippen molar-refractivity contribution >= 4 is 11.9 Å². The van der Waals surface area contributed by atoms with Crippen LogP contribution in [0.3, 0.4) is 0 Å². The van der Waals surface area contributed by atoms with Crippen molar-refractivity contribution in [3.8, 4) is 0 Å². The van der Waals surface area contributed by atoms with Gasteiger partial charge in [-0.2, -0.15) is 5.10 Å². The van der Waals surface area contributed by atoms with E-state index in [1.807, 2.05) is 31.0 Å². The first-order chi connectivity index (χ1) is 14.5. The zero-order valence-corrected chi connectivity index (χ0v) is 18.2. The van der Waals surface area contributed by atoms with Crippen molar-refractivity contribution in [2.24, 2.45) is 11.3 Å². The van der Waals surface area contributed by atoms with E-state index in [0.717, 1.165) is 57.7 Å². The monoisotopic (exact) mass is 418 g/mol. The number of nitrogens with zero attached hydrogens (tertiary/aromatic N) is 4. The number of hydrogen-bond donors (Lipinski definition) is 0. The summed E-state index contributed by atoms with van der Waals surface area (Å²) in [6, 6.07) is 2.39. The summed E-state index contributed by atoms with van der Waals surface area (Å²) >= 11 is 0. The van der Waals surface area contributed by atoms with Crippen molar-refractivity contribution in [1.82, 2.24) is 19.6 Å². The van der Waals surface area contributed by atoms with Gasteiger partial charge in [0.15, 0.2) is 0 Å². The second kappa shape index (κ2) is 9.06. The minimum atomic E-state index is -0.577. The van der Waals surface area contributed by atoms with E-state index in [2.05, 4.69) is 10.00 Å². The first-order valence-electron chi connectivity index (χ1n) is 11.3. The van der Waals surface area contributed by atoms with E-state index in [-0.39, 0.29) is 24.3 Å². The van der Waals surface area contributed by atoms with Gasteiger partial charge in [-0.1, -0.05) is 0 Å². The van der Waals surface area contributed by atoms with Crippen LogP contribution in [0, 0.1) is 18.3 Å². The van der Waals surface area contributed by atoms with Crippen molar-refractivity contribution in [3.05, 3.63) is 18.0 Å². The van der Waals surface area contributed by atoms with Gasteiger partial charge >= 0.3 is 5.97 Å². The molecule has 3 atom stereocenters. The lowest BCUT2D eigenvalue weighted by Gasteiger charge is -2.52. The maximum atomic E-state index is 13.2. The fraction of sp³-hybridized carbons (Fsp3) is 0.773. The summed E-state index contributed by atoms with van der Waals surface area (Å²) in [7, 11) is 0. The van der Waals surface area contributed by atoms with E-state index < -0.39 is 5.41 Å². The van der Waals surface area contributed by atoms with E-state index >= 15 is 0 Å². The Morgan fingerprint density at radius 1 is 1.27 bits per heavy atom. The predicted molar refractivity (Wildman–Crippen MR) is 111 cm³/mol. The van der Waals surface area contributed by atoms with Crippen LogP contribution in [-0.4, -0.2) is 83.5 Å². The Kier molecular flexibility index (Phi) is 6.43. The average Bonchev–Trinajstić information content (AvgIpc) is 3.18. The number of hydrogen-bond acceptors (Lipinski definition) is 6. The smallest absolute Gasteiger partial charge is 0.314 e. The molecule has 0 bridgehead atoms. The largest absolute Gasteiger partial charge is 0.466 e. The predicted octanol–water partition coefficient (Wildman–Crippen LogP) is 1.47. The Bertz CT molecular complexity index is 760. The topological polar surface area (TPSA) is 76.9 Å². The maximum Gasteiger partial charge on any atom is 0.314 e. The quantitative estimate of drug-likeness (QED) is 0.674. The van der Waals surface area contributed by atoms with Crippen LogP contribution in [0.15, 0.2) is 12.3 Å². The van der Waals surface area contributed by atoms with E-state index in [9.17, 15) is 9.59 Å². The van der Waals surface area contributed by atoms with Crippen LogP contribution in [0.2, 0.25) is 0 Å². The highest BCUT2D eigenvalue weighted by Gasteiger charge is 2.54. The fourth-order valence-corrected chi connectivity index (χ4v) is 5.52. The van der Waals surface area contributed by atoms with Gasteiger partial charge in [0.05, 0.1) is 30.9 Å². The molecule has 166 valence electrons. The number of amides is 1. The van der Waals surface area contributed by atoms with Gasteiger partial charge in [0.25, 0.3) is 0 Å². The van der Waals surface area contributed by atoms with Crippen LogP contribution in [0.25, 0.3) is 0 Å². The fourth-order valence-electron chi connectivity index (χ4n) is 5.52. The number of fused-ring (bicyclic) bond motifs is 1. The van der Waals surface area contributed by atoms with Gasteiger partial charge in [-0.25, -0.2) is 0 Å². The van der Waals surface area contributed by atoms with E-state index in [1.54, 1.807) is 4.68 Å². The van der Waals surface area contributed by atoms with Crippen molar-refractivity contribution in [1.29, 1.82) is 0 Å². The Morgan fingerprint density at radius 2 is 2.07 bits per heavy atom. The molecule has 0 unspecified atom stereocenters. The number of aromatic nitrogens is 2. The van der Waals surface area contributed by atoms with Gasteiger partial charge in [0, 0.05) is 38.4 Å². The standard InChI is InChI=1S/C22H34N4O4/c1-3-30-21(28)22-7-4-19(24-10-12-29-13-11-24)14-18(22)6-8-25(16-22)20(27)15-26-9-5-17(2)23-26/h5,9,18-19H,3-4,6-8,10-16H2,1-2H3/t18-,19-,22-/m1/s1. The van der Waals surface area contributed by atoms with Gasteiger partial charge in [-0.3, -0.25) is 19.2 Å². The van der Waals surface area contributed by atoms with Gasteiger partial charge in [-0.15, -0.1) is 0 Å². The summed E-state index contributed by atoms with van der Waals surface area (Å²) in [5.74, 6) is 0.160. The number of piperidine rings is 1.